The second-order valence-corrected chi connectivity index (χ2v) is 9.28. The monoisotopic (exact) mass is 452 g/mol. The van der Waals surface area contributed by atoms with E-state index >= 15 is 0 Å². The average Bonchev–Trinajstić information content (AvgIpc) is 3.37. The van der Waals surface area contributed by atoms with E-state index in [-0.39, 0.29) is 30.4 Å². The van der Waals surface area contributed by atoms with E-state index < -0.39 is 5.60 Å². The van der Waals surface area contributed by atoms with E-state index in [0.717, 1.165) is 50.2 Å². The highest BCUT2D eigenvalue weighted by Crippen LogP contribution is 2.51. The van der Waals surface area contributed by atoms with Crippen LogP contribution in [0.3, 0.4) is 0 Å². The third kappa shape index (κ3) is 3.98. The standard InChI is InChI=1S/C24H28N4O5/c29-23-24(33-22-4-2-20(28(22)23)19-14-25-7-8-26-19)11-18(12-24)31-15-16-1-3-21(27-13-16)32-17-5-9-30-10-6-17/h1,3,7-8,13-14,17-18,20,22H,2,4-6,9-12,15H2/t18?,20-,22?,24?/m0/s1. The molecule has 3 aliphatic heterocycles. The Hall–Kier alpha value is -2.62. The summed E-state index contributed by atoms with van der Waals surface area (Å²) in [5.74, 6) is 0.702. The van der Waals surface area contributed by atoms with E-state index in [1.54, 1.807) is 24.8 Å². The summed E-state index contributed by atoms with van der Waals surface area (Å²) < 4.78 is 23.6. The predicted molar refractivity (Wildman–Crippen MR) is 115 cm³/mol. The Balaban J connectivity index is 1.01. The van der Waals surface area contributed by atoms with Gasteiger partial charge in [-0.2, -0.15) is 0 Å². The second kappa shape index (κ2) is 8.62. The number of ether oxygens (including phenoxy) is 4. The summed E-state index contributed by atoms with van der Waals surface area (Å²) >= 11 is 0. The van der Waals surface area contributed by atoms with Crippen molar-refractivity contribution in [2.75, 3.05) is 13.2 Å². The molecule has 2 aromatic rings. The number of amides is 1. The Morgan fingerprint density at radius 1 is 1.03 bits per heavy atom. The lowest BCUT2D eigenvalue weighted by Crippen LogP contribution is -2.54. The number of aromatic nitrogens is 3. The number of carbonyl (C=O) groups is 1. The van der Waals surface area contributed by atoms with Crippen molar-refractivity contribution in [2.45, 2.75) is 75.2 Å². The number of hydrogen-bond acceptors (Lipinski definition) is 8. The van der Waals surface area contributed by atoms with Crippen LogP contribution in [0.2, 0.25) is 0 Å². The van der Waals surface area contributed by atoms with Crippen LogP contribution < -0.4 is 4.74 Å². The van der Waals surface area contributed by atoms with Gasteiger partial charge in [0.1, 0.15) is 12.3 Å². The molecule has 1 unspecified atom stereocenters. The molecule has 9 heteroatoms. The zero-order chi connectivity index (χ0) is 22.3. The highest BCUT2D eigenvalue weighted by Gasteiger charge is 2.63. The van der Waals surface area contributed by atoms with Crippen molar-refractivity contribution in [1.29, 1.82) is 0 Å². The van der Waals surface area contributed by atoms with Crippen LogP contribution in [-0.4, -0.2) is 63.0 Å². The Labute approximate surface area is 192 Å². The van der Waals surface area contributed by atoms with E-state index in [1.165, 1.54) is 0 Å². The first kappa shape index (κ1) is 20.9. The summed E-state index contributed by atoms with van der Waals surface area (Å²) in [6.45, 7) is 1.94. The van der Waals surface area contributed by atoms with Crippen LogP contribution in [0.15, 0.2) is 36.9 Å². The minimum absolute atomic E-state index is 0.00195. The van der Waals surface area contributed by atoms with Gasteiger partial charge in [0.25, 0.3) is 5.91 Å². The van der Waals surface area contributed by atoms with Gasteiger partial charge in [0.15, 0.2) is 5.60 Å². The Morgan fingerprint density at radius 3 is 2.67 bits per heavy atom. The van der Waals surface area contributed by atoms with Crippen LogP contribution in [0, 0.1) is 0 Å². The third-order valence-corrected chi connectivity index (χ3v) is 7.10. The first-order chi connectivity index (χ1) is 16.2. The fourth-order valence-electron chi connectivity index (χ4n) is 5.30. The Bertz CT molecular complexity index is 976. The van der Waals surface area contributed by atoms with Crippen molar-refractivity contribution in [1.82, 2.24) is 19.9 Å². The fraction of sp³-hybridized carbons (Fsp3) is 0.583. The molecule has 0 radical (unpaired) electrons. The lowest BCUT2D eigenvalue weighted by Gasteiger charge is -2.42. The molecular weight excluding hydrogens is 424 g/mol. The smallest absolute Gasteiger partial charge is 0.257 e. The molecule has 1 saturated carbocycles. The molecule has 4 fully saturated rings. The molecule has 174 valence electrons. The fourth-order valence-corrected chi connectivity index (χ4v) is 5.30. The van der Waals surface area contributed by atoms with Gasteiger partial charge in [0.2, 0.25) is 5.88 Å². The molecule has 3 saturated heterocycles. The molecule has 33 heavy (non-hydrogen) atoms. The zero-order valence-electron chi connectivity index (χ0n) is 18.5. The van der Waals surface area contributed by atoms with Crippen LogP contribution in [0.25, 0.3) is 0 Å². The van der Waals surface area contributed by atoms with Gasteiger partial charge in [0.05, 0.1) is 43.9 Å². The van der Waals surface area contributed by atoms with Crippen molar-refractivity contribution in [3.8, 4) is 5.88 Å². The minimum Gasteiger partial charge on any atom is -0.474 e. The highest BCUT2D eigenvalue weighted by atomic mass is 16.6. The molecule has 9 nitrogen and oxygen atoms in total. The van der Waals surface area contributed by atoms with E-state index in [4.69, 9.17) is 18.9 Å². The quantitative estimate of drug-likeness (QED) is 0.660. The van der Waals surface area contributed by atoms with Crippen molar-refractivity contribution in [3.05, 3.63) is 48.2 Å². The number of fused-ring (bicyclic) bond motifs is 1. The third-order valence-electron chi connectivity index (χ3n) is 7.10. The first-order valence-electron chi connectivity index (χ1n) is 11.8. The molecule has 2 atom stereocenters. The topological polar surface area (TPSA) is 95.9 Å². The maximum absolute atomic E-state index is 13.3. The summed E-state index contributed by atoms with van der Waals surface area (Å²) in [5.41, 5.74) is 1.07. The number of hydrogen-bond donors (Lipinski definition) is 0. The van der Waals surface area contributed by atoms with Crippen LogP contribution in [0.1, 0.15) is 55.8 Å². The van der Waals surface area contributed by atoms with Gasteiger partial charge >= 0.3 is 0 Å². The summed E-state index contributed by atoms with van der Waals surface area (Å²) in [6.07, 6.45) is 11.5. The summed E-state index contributed by atoms with van der Waals surface area (Å²) in [4.78, 5) is 28.1. The van der Waals surface area contributed by atoms with Crippen LogP contribution in [-0.2, 0) is 25.6 Å². The van der Waals surface area contributed by atoms with Gasteiger partial charge in [-0.15, -0.1) is 0 Å². The molecule has 1 amide bonds. The van der Waals surface area contributed by atoms with Gasteiger partial charge in [-0.25, -0.2) is 4.98 Å². The largest absolute Gasteiger partial charge is 0.474 e. The Kier molecular flexibility index (Phi) is 5.48. The number of nitrogens with zero attached hydrogens (tertiary/aromatic N) is 4. The lowest BCUT2D eigenvalue weighted by atomic mass is 9.76. The highest BCUT2D eigenvalue weighted by molar-refractivity contribution is 5.89. The van der Waals surface area contributed by atoms with Crippen LogP contribution in [0.5, 0.6) is 5.88 Å². The van der Waals surface area contributed by atoms with Crippen molar-refractivity contribution < 1.29 is 23.7 Å². The van der Waals surface area contributed by atoms with Gasteiger partial charge < -0.3 is 23.8 Å². The molecule has 4 aliphatic rings. The average molecular weight is 453 g/mol. The maximum Gasteiger partial charge on any atom is 0.257 e. The van der Waals surface area contributed by atoms with Gasteiger partial charge in [-0.3, -0.25) is 14.8 Å². The minimum atomic E-state index is -0.740. The van der Waals surface area contributed by atoms with Crippen molar-refractivity contribution >= 4 is 5.91 Å². The van der Waals surface area contributed by atoms with E-state index in [9.17, 15) is 4.79 Å². The predicted octanol–water partition coefficient (Wildman–Crippen LogP) is 2.57. The summed E-state index contributed by atoms with van der Waals surface area (Å²) in [5, 5.41) is 0. The molecule has 5 heterocycles. The molecule has 0 N–H and O–H groups in total. The van der Waals surface area contributed by atoms with Gasteiger partial charge in [0, 0.05) is 50.3 Å². The number of carbonyl (C=O) groups excluding carboxylic acids is 1. The normalized spacial score (nSPS) is 31.6. The van der Waals surface area contributed by atoms with Crippen molar-refractivity contribution in [3.63, 3.8) is 0 Å². The molecular formula is C24H28N4O5. The van der Waals surface area contributed by atoms with E-state index in [2.05, 4.69) is 15.0 Å². The first-order valence-corrected chi connectivity index (χ1v) is 11.8. The Morgan fingerprint density at radius 2 is 1.91 bits per heavy atom. The second-order valence-electron chi connectivity index (χ2n) is 9.28. The molecule has 1 spiro atoms. The zero-order valence-corrected chi connectivity index (χ0v) is 18.5. The van der Waals surface area contributed by atoms with E-state index in [1.807, 2.05) is 17.0 Å². The number of pyridine rings is 1. The van der Waals surface area contributed by atoms with Gasteiger partial charge in [-0.1, -0.05) is 0 Å². The SMILES string of the molecule is O=C1N2C(CC[C@H]2c2cnccn2)OC12CC(OCc1ccc(OC3CCOCC3)nc1)C2. The van der Waals surface area contributed by atoms with Gasteiger partial charge in [-0.05, 0) is 24.5 Å². The lowest BCUT2D eigenvalue weighted by molar-refractivity contribution is -0.177. The van der Waals surface area contributed by atoms with E-state index in [0.29, 0.717) is 25.3 Å². The molecule has 1 aliphatic carbocycles. The molecule has 2 aromatic heterocycles. The summed E-state index contributed by atoms with van der Waals surface area (Å²) in [6, 6.07) is 3.82. The molecule has 6 rings (SSSR count). The molecule has 0 aromatic carbocycles. The van der Waals surface area contributed by atoms with Crippen LogP contribution >= 0.6 is 0 Å². The maximum atomic E-state index is 13.3. The number of rotatable bonds is 6. The van der Waals surface area contributed by atoms with Crippen molar-refractivity contribution in [2.24, 2.45) is 0 Å². The van der Waals surface area contributed by atoms with Crippen LogP contribution in [0.4, 0.5) is 0 Å². The summed E-state index contributed by atoms with van der Waals surface area (Å²) in [7, 11) is 0. The molecule has 0 bridgehead atoms.